The van der Waals surface area contributed by atoms with Crippen molar-refractivity contribution < 1.29 is 14.3 Å². The van der Waals surface area contributed by atoms with Gasteiger partial charge in [-0.3, -0.25) is 14.4 Å². The van der Waals surface area contributed by atoms with Crippen LogP contribution in [0.2, 0.25) is 0 Å². The van der Waals surface area contributed by atoms with Crippen molar-refractivity contribution in [3.05, 3.63) is 50.6 Å². The summed E-state index contributed by atoms with van der Waals surface area (Å²) in [6.07, 6.45) is 7.00. The average molecular weight is 536 g/mol. The lowest BCUT2D eigenvalue weighted by Crippen LogP contribution is -2.39. The molecule has 1 fully saturated rings. The Bertz CT molecular complexity index is 1460. The van der Waals surface area contributed by atoms with Gasteiger partial charge in [0.1, 0.15) is 0 Å². The van der Waals surface area contributed by atoms with Gasteiger partial charge in [0, 0.05) is 52.1 Å². The Labute approximate surface area is 227 Å². The number of carbonyl (C=O) groups is 2. The summed E-state index contributed by atoms with van der Waals surface area (Å²) in [5.41, 5.74) is 2.67. The lowest BCUT2D eigenvalue weighted by Gasteiger charge is -2.24. The fourth-order valence-electron chi connectivity index (χ4n) is 5.30. The average Bonchev–Trinajstić information content (AvgIpc) is 3.62. The van der Waals surface area contributed by atoms with E-state index in [4.69, 9.17) is 4.74 Å². The van der Waals surface area contributed by atoms with Gasteiger partial charge >= 0.3 is 0 Å². The lowest BCUT2D eigenvalue weighted by atomic mass is 9.93. The number of aromatic nitrogens is 1. The van der Waals surface area contributed by atoms with E-state index in [1.165, 1.54) is 17.4 Å². The van der Waals surface area contributed by atoms with Crippen molar-refractivity contribution in [1.82, 2.24) is 15.2 Å². The summed E-state index contributed by atoms with van der Waals surface area (Å²) in [6.45, 7) is 8.52. The fourth-order valence-corrected chi connectivity index (χ4v) is 6.59. The van der Waals surface area contributed by atoms with E-state index >= 15 is 0 Å². The Morgan fingerprint density at radius 2 is 1.92 bits per heavy atom. The number of aryl methyl sites for hydroxylation is 1. The van der Waals surface area contributed by atoms with Crippen LogP contribution in [0.1, 0.15) is 86.3 Å². The Balaban J connectivity index is 1.47. The van der Waals surface area contributed by atoms with Gasteiger partial charge in [-0.25, -0.2) is 0 Å². The zero-order valence-corrected chi connectivity index (χ0v) is 23.7. The van der Waals surface area contributed by atoms with E-state index in [1.54, 1.807) is 24.6 Å². The molecule has 3 aromatic rings. The number of carbonyl (C=O) groups excluding carboxylic acids is 2. The molecular weight excluding hydrogens is 498 g/mol. The number of fused-ring (bicyclic) bond motifs is 2. The number of benzene rings is 1. The number of hydrogen-bond acceptors (Lipinski definition) is 6. The Morgan fingerprint density at radius 1 is 1.16 bits per heavy atom. The topological polar surface area (TPSA) is 89.4 Å². The van der Waals surface area contributed by atoms with Crippen molar-refractivity contribution in [3.8, 4) is 16.2 Å². The van der Waals surface area contributed by atoms with Crippen molar-refractivity contribution in [2.75, 3.05) is 20.2 Å². The van der Waals surface area contributed by atoms with Crippen molar-refractivity contribution >= 4 is 33.9 Å². The molecule has 2 aliphatic carbocycles. The van der Waals surface area contributed by atoms with Crippen LogP contribution in [-0.4, -0.2) is 36.5 Å². The van der Waals surface area contributed by atoms with Crippen LogP contribution in [0.4, 0.5) is 0 Å². The molecule has 0 spiro atoms. The first kappa shape index (κ1) is 26.6. The van der Waals surface area contributed by atoms with Crippen LogP contribution in [-0.2, 0) is 11.2 Å². The molecule has 38 heavy (non-hydrogen) atoms. The molecule has 1 atom stereocenters. The second-order valence-electron chi connectivity index (χ2n) is 11.5. The van der Waals surface area contributed by atoms with Gasteiger partial charge in [0.2, 0.25) is 5.91 Å². The van der Waals surface area contributed by atoms with Crippen LogP contribution in [0.3, 0.4) is 0 Å². The van der Waals surface area contributed by atoms with E-state index in [2.05, 4.69) is 21.3 Å². The predicted octanol–water partition coefficient (Wildman–Crippen LogP) is 5.41. The molecule has 2 aromatic heterocycles. The summed E-state index contributed by atoms with van der Waals surface area (Å²) in [4.78, 5) is 40.1. The SMILES string of the molecule is COc1c(-c2cc3c(s2)CCCC3NCCNC(=O)C(C)(C)C)ccc2c(=O)c(C(C)=O)cn(C3CC3)c12. The van der Waals surface area contributed by atoms with E-state index < -0.39 is 5.41 Å². The molecule has 0 saturated heterocycles. The largest absolute Gasteiger partial charge is 0.494 e. The molecule has 0 bridgehead atoms. The first-order valence-corrected chi connectivity index (χ1v) is 14.3. The lowest BCUT2D eigenvalue weighted by molar-refractivity contribution is -0.128. The molecular formula is C30H37N3O4S. The fraction of sp³-hybridized carbons (Fsp3) is 0.500. The van der Waals surface area contributed by atoms with Gasteiger partial charge in [-0.1, -0.05) is 20.8 Å². The number of nitrogens with zero attached hydrogens (tertiary/aromatic N) is 1. The molecule has 1 unspecified atom stereocenters. The molecule has 1 saturated carbocycles. The maximum absolute atomic E-state index is 13.2. The number of Topliss-reactive ketones (excluding diaryl/α,β-unsaturated/α-hetero) is 1. The number of ether oxygens (including phenoxy) is 1. The Kier molecular flexibility index (Phi) is 7.22. The minimum Gasteiger partial charge on any atom is -0.494 e. The highest BCUT2D eigenvalue weighted by molar-refractivity contribution is 7.15. The van der Waals surface area contributed by atoms with Crippen LogP contribution in [0.5, 0.6) is 5.75 Å². The highest BCUT2D eigenvalue weighted by Gasteiger charge is 2.30. The summed E-state index contributed by atoms with van der Waals surface area (Å²) in [5, 5.41) is 7.20. The zero-order chi connectivity index (χ0) is 27.2. The molecule has 2 heterocycles. The number of thiophene rings is 1. The van der Waals surface area contributed by atoms with Gasteiger partial charge in [-0.05, 0) is 62.8 Å². The summed E-state index contributed by atoms with van der Waals surface area (Å²) < 4.78 is 8.06. The summed E-state index contributed by atoms with van der Waals surface area (Å²) in [5.74, 6) is 0.538. The summed E-state index contributed by atoms with van der Waals surface area (Å²) >= 11 is 1.79. The van der Waals surface area contributed by atoms with Crippen molar-refractivity contribution in [1.29, 1.82) is 0 Å². The standard InChI is InChI=1S/C30H37N3O4S/c1-17(34)22-16-33(18-9-10-18)26-20(27(22)35)12-11-19(28(26)37-5)25-15-21-23(7-6-8-24(21)38-25)31-13-14-32-29(36)30(2,3)4/h11-12,15-16,18,23,31H,6-10,13-14H2,1-5H3,(H,32,36). The van der Waals surface area contributed by atoms with E-state index in [0.29, 0.717) is 24.2 Å². The number of nitrogens with one attached hydrogen (secondary N) is 2. The van der Waals surface area contributed by atoms with Gasteiger partial charge in [0.15, 0.2) is 17.0 Å². The van der Waals surface area contributed by atoms with Gasteiger partial charge < -0.3 is 19.9 Å². The highest BCUT2D eigenvalue weighted by atomic mass is 32.1. The second-order valence-corrected chi connectivity index (χ2v) is 12.6. The Hall–Kier alpha value is -2.97. The number of rotatable bonds is 8. The van der Waals surface area contributed by atoms with Crippen molar-refractivity contribution in [2.24, 2.45) is 5.41 Å². The van der Waals surface area contributed by atoms with Crippen molar-refractivity contribution in [3.63, 3.8) is 0 Å². The first-order chi connectivity index (χ1) is 18.1. The van der Waals surface area contributed by atoms with Gasteiger partial charge in [-0.2, -0.15) is 0 Å². The van der Waals surface area contributed by atoms with Crippen LogP contribution in [0.25, 0.3) is 21.3 Å². The van der Waals surface area contributed by atoms with Crippen LogP contribution in [0.15, 0.2) is 29.2 Å². The van der Waals surface area contributed by atoms with Crippen LogP contribution in [0, 0.1) is 5.41 Å². The van der Waals surface area contributed by atoms with Crippen molar-refractivity contribution in [2.45, 2.75) is 71.9 Å². The third-order valence-electron chi connectivity index (χ3n) is 7.53. The van der Waals surface area contributed by atoms with Gasteiger partial charge in [0.05, 0.1) is 23.6 Å². The molecule has 8 heteroatoms. The number of hydrogen-bond donors (Lipinski definition) is 2. The molecule has 5 rings (SSSR count). The Morgan fingerprint density at radius 3 is 2.58 bits per heavy atom. The number of methoxy groups -OCH3 is 1. The zero-order valence-electron chi connectivity index (χ0n) is 22.9. The second kappa shape index (κ2) is 10.3. The van der Waals surface area contributed by atoms with Gasteiger partial charge in [0.25, 0.3) is 0 Å². The molecule has 1 aromatic carbocycles. The number of amides is 1. The number of ketones is 1. The molecule has 202 valence electrons. The molecule has 7 nitrogen and oxygen atoms in total. The summed E-state index contributed by atoms with van der Waals surface area (Å²) in [6, 6.07) is 6.60. The third kappa shape index (κ3) is 5.04. The molecule has 2 aliphatic rings. The van der Waals surface area contributed by atoms with Crippen LogP contribution >= 0.6 is 11.3 Å². The highest BCUT2D eigenvalue weighted by Crippen LogP contribution is 2.46. The molecule has 0 aliphatic heterocycles. The smallest absolute Gasteiger partial charge is 0.225 e. The monoisotopic (exact) mass is 535 g/mol. The normalized spacial score (nSPS) is 17.3. The van der Waals surface area contributed by atoms with Crippen LogP contribution < -0.4 is 20.8 Å². The van der Waals surface area contributed by atoms with E-state index in [-0.39, 0.29) is 34.8 Å². The molecule has 2 N–H and O–H groups in total. The maximum atomic E-state index is 13.2. The summed E-state index contributed by atoms with van der Waals surface area (Å²) in [7, 11) is 1.66. The maximum Gasteiger partial charge on any atom is 0.225 e. The minimum absolute atomic E-state index is 0.0601. The van der Waals surface area contributed by atoms with E-state index in [9.17, 15) is 14.4 Å². The number of pyridine rings is 1. The minimum atomic E-state index is -0.392. The third-order valence-corrected chi connectivity index (χ3v) is 8.78. The van der Waals surface area contributed by atoms with Gasteiger partial charge in [-0.15, -0.1) is 11.3 Å². The molecule has 0 radical (unpaired) electrons. The molecule has 1 amide bonds. The van der Waals surface area contributed by atoms with E-state index in [1.807, 2.05) is 32.9 Å². The quantitative estimate of drug-likeness (QED) is 0.298. The predicted molar refractivity (Wildman–Crippen MR) is 152 cm³/mol. The van der Waals surface area contributed by atoms with E-state index in [0.717, 1.165) is 48.1 Å². The first-order valence-electron chi connectivity index (χ1n) is 13.5.